The number of β-amino-alcohol motifs (C(OH)–C–C–N with tert-alkyl or cyclic N) is 1. The molecule has 0 aromatic rings. The Morgan fingerprint density at radius 1 is 1.44 bits per heavy atom. The SMILES string of the molecule is CN(C(=O)N1CCOCC1)[C@H]1CNC[C@@H]1O. The molecule has 0 unspecified atom stereocenters. The van der Waals surface area contributed by atoms with E-state index < -0.39 is 6.10 Å². The number of carbonyl (C=O) groups excluding carboxylic acids is 1. The van der Waals surface area contributed by atoms with Gasteiger partial charge in [-0.15, -0.1) is 0 Å². The largest absolute Gasteiger partial charge is 0.390 e. The zero-order valence-electron chi connectivity index (χ0n) is 9.56. The average Bonchev–Trinajstić information content (AvgIpc) is 2.75. The van der Waals surface area contributed by atoms with Crippen LogP contribution in [0.2, 0.25) is 0 Å². The van der Waals surface area contributed by atoms with E-state index in [2.05, 4.69) is 5.32 Å². The summed E-state index contributed by atoms with van der Waals surface area (Å²) < 4.78 is 5.20. The smallest absolute Gasteiger partial charge is 0.320 e. The summed E-state index contributed by atoms with van der Waals surface area (Å²) in [7, 11) is 1.75. The van der Waals surface area contributed by atoms with Gasteiger partial charge in [-0.1, -0.05) is 0 Å². The van der Waals surface area contributed by atoms with Crippen LogP contribution in [0.3, 0.4) is 0 Å². The van der Waals surface area contributed by atoms with Gasteiger partial charge in [0.2, 0.25) is 0 Å². The summed E-state index contributed by atoms with van der Waals surface area (Å²) in [5, 5.41) is 12.8. The van der Waals surface area contributed by atoms with Gasteiger partial charge in [-0.3, -0.25) is 0 Å². The van der Waals surface area contributed by atoms with Gasteiger partial charge in [-0.2, -0.15) is 0 Å². The summed E-state index contributed by atoms with van der Waals surface area (Å²) >= 11 is 0. The lowest BCUT2D eigenvalue weighted by Crippen LogP contribution is -2.52. The molecule has 2 aliphatic rings. The number of hydrogen-bond acceptors (Lipinski definition) is 4. The lowest BCUT2D eigenvalue weighted by molar-refractivity contribution is 0.0354. The zero-order chi connectivity index (χ0) is 11.5. The third-order valence-electron chi connectivity index (χ3n) is 3.23. The number of morpholine rings is 1. The second-order valence-electron chi connectivity index (χ2n) is 4.29. The summed E-state index contributed by atoms with van der Waals surface area (Å²) in [5.41, 5.74) is 0. The highest BCUT2D eigenvalue weighted by Gasteiger charge is 2.33. The summed E-state index contributed by atoms with van der Waals surface area (Å²) in [6.45, 7) is 3.70. The third kappa shape index (κ3) is 2.28. The van der Waals surface area contributed by atoms with Crippen molar-refractivity contribution in [1.82, 2.24) is 15.1 Å². The molecule has 2 aliphatic heterocycles. The highest BCUT2D eigenvalue weighted by atomic mass is 16.5. The Kier molecular flexibility index (Phi) is 3.63. The van der Waals surface area contributed by atoms with Crippen molar-refractivity contribution in [2.75, 3.05) is 46.4 Å². The van der Waals surface area contributed by atoms with Gasteiger partial charge in [-0.05, 0) is 0 Å². The first kappa shape index (κ1) is 11.6. The van der Waals surface area contributed by atoms with Gasteiger partial charge >= 0.3 is 6.03 Å². The van der Waals surface area contributed by atoms with E-state index in [0.29, 0.717) is 39.4 Å². The molecule has 2 atom stereocenters. The van der Waals surface area contributed by atoms with E-state index in [0.717, 1.165) is 0 Å². The maximum Gasteiger partial charge on any atom is 0.320 e. The number of nitrogens with zero attached hydrogens (tertiary/aromatic N) is 2. The molecule has 2 saturated heterocycles. The highest BCUT2D eigenvalue weighted by molar-refractivity contribution is 5.74. The molecule has 2 heterocycles. The van der Waals surface area contributed by atoms with Crippen molar-refractivity contribution in [3.05, 3.63) is 0 Å². The highest BCUT2D eigenvalue weighted by Crippen LogP contribution is 2.11. The molecule has 6 nitrogen and oxygen atoms in total. The van der Waals surface area contributed by atoms with Gasteiger partial charge in [0, 0.05) is 33.2 Å². The molecule has 2 rings (SSSR count). The maximum absolute atomic E-state index is 12.1. The normalized spacial score (nSPS) is 30.5. The number of aliphatic hydroxyl groups excluding tert-OH is 1. The molecule has 0 aromatic carbocycles. The lowest BCUT2D eigenvalue weighted by Gasteiger charge is -2.34. The van der Waals surface area contributed by atoms with Crippen molar-refractivity contribution in [3.63, 3.8) is 0 Å². The Bertz CT molecular complexity index is 256. The van der Waals surface area contributed by atoms with Crippen molar-refractivity contribution < 1.29 is 14.6 Å². The van der Waals surface area contributed by atoms with Crippen molar-refractivity contribution in [2.45, 2.75) is 12.1 Å². The number of hydrogen-bond donors (Lipinski definition) is 2. The van der Waals surface area contributed by atoms with Crippen LogP contribution in [0, 0.1) is 0 Å². The Morgan fingerprint density at radius 3 is 2.69 bits per heavy atom. The molecule has 2 fully saturated rings. The quantitative estimate of drug-likeness (QED) is 0.587. The van der Waals surface area contributed by atoms with Crippen LogP contribution in [-0.4, -0.2) is 79.5 Å². The van der Waals surface area contributed by atoms with Crippen LogP contribution in [0.5, 0.6) is 0 Å². The first-order valence-corrected chi connectivity index (χ1v) is 5.68. The van der Waals surface area contributed by atoms with Gasteiger partial charge in [0.05, 0.1) is 25.4 Å². The predicted octanol–water partition coefficient (Wildman–Crippen LogP) is -1.30. The van der Waals surface area contributed by atoms with E-state index in [9.17, 15) is 9.90 Å². The second kappa shape index (κ2) is 4.99. The molecule has 0 saturated carbocycles. The molecule has 0 aliphatic carbocycles. The molecule has 16 heavy (non-hydrogen) atoms. The van der Waals surface area contributed by atoms with Crippen molar-refractivity contribution in [3.8, 4) is 0 Å². The Labute approximate surface area is 95.2 Å². The molecule has 0 aromatic heterocycles. The van der Waals surface area contributed by atoms with Crippen LogP contribution in [0.1, 0.15) is 0 Å². The third-order valence-corrected chi connectivity index (χ3v) is 3.23. The summed E-state index contributed by atoms with van der Waals surface area (Å²) in [6, 6.07) is -0.133. The standard InChI is InChI=1S/C10H19N3O3/c1-12(8-6-11-7-9(8)14)10(15)13-2-4-16-5-3-13/h8-9,11,14H,2-7H2,1H3/t8-,9-/m0/s1. The summed E-state index contributed by atoms with van der Waals surface area (Å²) in [6.07, 6.45) is -0.463. The fraction of sp³-hybridized carbons (Fsp3) is 0.900. The molecule has 2 N–H and O–H groups in total. The van der Waals surface area contributed by atoms with Crippen LogP contribution in [-0.2, 0) is 4.74 Å². The Morgan fingerprint density at radius 2 is 2.12 bits per heavy atom. The summed E-state index contributed by atoms with van der Waals surface area (Å²) in [5.74, 6) is 0. The van der Waals surface area contributed by atoms with E-state index in [1.165, 1.54) is 0 Å². The minimum absolute atomic E-state index is 0.0175. The minimum atomic E-state index is -0.463. The topological polar surface area (TPSA) is 65.0 Å². The summed E-state index contributed by atoms with van der Waals surface area (Å²) in [4.78, 5) is 15.5. The van der Waals surface area contributed by atoms with Crippen LogP contribution in [0.25, 0.3) is 0 Å². The van der Waals surface area contributed by atoms with Crippen molar-refractivity contribution in [2.24, 2.45) is 0 Å². The predicted molar refractivity (Wildman–Crippen MR) is 58.2 cm³/mol. The maximum atomic E-state index is 12.1. The Balaban J connectivity index is 1.92. The first-order chi connectivity index (χ1) is 7.70. The van der Waals surface area contributed by atoms with Crippen LogP contribution < -0.4 is 5.32 Å². The monoisotopic (exact) mass is 229 g/mol. The van der Waals surface area contributed by atoms with Gasteiger partial charge in [0.1, 0.15) is 0 Å². The van der Waals surface area contributed by atoms with E-state index in [1.807, 2.05) is 0 Å². The molecule has 0 bridgehead atoms. The number of urea groups is 1. The van der Waals surface area contributed by atoms with Crippen LogP contribution in [0.15, 0.2) is 0 Å². The van der Waals surface area contributed by atoms with E-state index >= 15 is 0 Å². The van der Waals surface area contributed by atoms with Gasteiger partial charge < -0.3 is 25.0 Å². The molecule has 92 valence electrons. The number of ether oxygens (including phenoxy) is 1. The number of rotatable bonds is 1. The number of aliphatic hydroxyl groups is 1. The Hall–Kier alpha value is -0.850. The molecule has 6 heteroatoms. The van der Waals surface area contributed by atoms with Gasteiger partial charge in [0.15, 0.2) is 0 Å². The van der Waals surface area contributed by atoms with Crippen molar-refractivity contribution in [1.29, 1.82) is 0 Å². The number of nitrogens with one attached hydrogen (secondary N) is 1. The van der Waals surface area contributed by atoms with E-state index in [1.54, 1.807) is 16.8 Å². The number of likely N-dealkylation sites (N-methyl/N-ethyl adjacent to an activating group) is 1. The fourth-order valence-electron chi connectivity index (χ4n) is 2.17. The molecule has 0 radical (unpaired) electrons. The van der Waals surface area contributed by atoms with Gasteiger partial charge in [0.25, 0.3) is 0 Å². The second-order valence-corrected chi connectivity index (χ2v) is 4.29. The van der Waals surface area contributed by atoms with Crippen LogP contribution >= 0.6 is 0 Å². The molecular weight excluding hydrogens is 210 g/mol. The van der Waals surface area contributed by atoms with E-state index in [-0.39, 0.29) is 12.1 Å². The minimum Gasteiger partial charge on any atom is -0.390 e. The van der Waals surface area contributed by atoms with Crippen molar-refractivity contribution >= 4 is 6.03 Å². The van der Waals surface area contributed by atoms with Crippen LogP contribution in [0.4, 0.5) is 4.79 Å². The van der Waals surface area contributed by atoms with Gasteiger partial charge in [-0.25, -0.2) is 4.79 Å². The number of carbonyl (C=O) groups is 1. The molecule has 2 amide bonds. The molecular formula is C10H19N3O3. The zero-order valence-corrected chi connectivity index (χ0v) is 9.56. The fourth-order valence-corrected chi connectivity index (χ4v) is 2.17. The van der Waals surface area contributed by atoms with E-state index in [4.69, 9.17) is 4.74 Å². The average molecular weight is 229 g/mol. The lowest BCUT2D eigenvalue weighted by atomic mass is 10.2. The number of amides is 2. The molecule has 0 spiro atoms. The first-order valence-electron chi connectivity index (χ1n) is 5.68.